The Hall–Kier alpha value is -1.72. The van der Waals surface area contributed by atoms with Gasteiger partial charge in [0.1, 0.15) is 11.5 Å². The third kappa shape index (κ3) is 2.89. The summed E-state index contributed by atoms with van der Waals surface area (Å²) in [5, 5.41) is 9.66. The van der Waals surface area contributed by atoms with E-state index in [0.717, 1.165) is 0 Å². The number of H-pyrrole nitrogens is 1. The quantitative estimate of drug-likeness (QED) is 0.784. The molecule has 0 aliphatic heterocycles. The molecule has 1 aromatic heterocycles. The fourth-order valence-corrected chi connectivity index (χ4v) is 1.80. The van der Waals surface area contributed by atoms with E-state index >= 15 is 0 Å². The van der Waals surface area contributed by atoms with Crippen LogP contribution in [-0.2, 0) is 0 Å². The van der Waals surface area contributed by atoms with Crippen LogP contribution < -0.4 is 11.1 Å². The van der Waals surface area contributed by atoms with E-state index in [1.54, 1.807) is 18.2 Å². The summed E-state index contributed by atoms with van der Waals surface area (Å²) in [6, 6.07) is 6.19. The van der Waals surface area contributed by atoms with Crippen molar-refractivity contribution in [2.75, 3.05) is 11.1 Å². The summed E-state index contributed by atoms with van der Waals surface area (Å²) in [4.78, 5) is 11.7. The smallest absolute Gasteiger partial charge is 0.273 e. The predicted molar refractivity (Wildman–Crippen MR) is 67.4 cm³/mol. The van der Waals surface area contributed by atoms with Crippen molar-refractivity contribution in [3.63, 3.8) is 0 Å². The maximum absolute atomic E-state index is 11.7. The molecule has 0 aliphatic carbocycles. The third-order valence-corrected chi connectivity index (χ3v) is 2.40. The summed E-state index contributed by atoms with van der Waals surface area (Å²) in [6.07, 6.45) is 0. The van der Waals surface area contributed by atoms with Gasteiger partial charge in [-0.2, -0.15) is 5.10 Å². The normalized spacial score (nSPS) is 10.2. The number of hydrogen-bond acceptors (Lipinski definition) is 3. The highest BCUT2D eigenvalue weighted by molar-refractivity contribution is 6.35. The lowest BCUT2D eigenvalue weighted by atomic mass is 10.3. The number of carbonyl (C=O) groups excluding carboxylic acids is 1. The van der Waals surface area contributed by atoms with Gasteiger partial charge in [0.05, 0.1) is 0 Å². The van der Waals surface area contributed by atoms with Gasteiger partial charge in [0.25, 0.3) is 5.91 Å². The van der Waals surface area contributed by atoms with Gasteiger partial charge in [-0.25, -0.2) is 0 Å². The van der Waals surface area contributed by atoms with E-state index < -0.39 is 0 Å². The van der Waals surface area contributed by atoms with E-state index in [4.69, 9.17) is 28.9 Å². The highest BCUT2D eigenvalue weighted by Gasteiger charge is 2.09. The zero-order valence-corrected chi connectivity index (χ0v) is 10.0. The Labute approximate surface area is 107 Å². The summed E-state index contributed by atoms with van der Waals surface area (Å²) in [5.74, 6) is -0.119. The van der Waals surface area contributed by atoms with Crippen LogP contribution in [0.15, 0.2) is 24.3 Å². The summed E-state index contributed by atoms with van der Waals surface area (Å²) in [5.41, 5.74) is 6.16. The highest BCUT2D eigenvalue weighted by Crippen LogP contribution is 2.22. The van der Waals surface area contributed by atoms with Crippen molar-refractivity contribution in [2.24, 2.45) is 0 Å². The molecule has 2 aromatic rings. The molecule has 0 radical (unpaired) electrons. The Morgan fingerprint density at radius 2 is 1.88 bits per heavy atom. The number of aromatic amines is 1. The first-order chi connectivity index (χ1) is 8.04. The molecule has 7 heteroatoms. The molecule has 0 saturated carbocycles. The third-order valence-electron chi connectivity index (χ3n) is 1.96. The van der Waals surface area contributed by atoms with Crippen LogP contribution in [-0.4, -0.2) is 16.1 Å². The highest BCUT2D eigenvalue weighted by atomic mass is 35.5. The first kappa shape index (κ1) is 11.8. The first-order valence-electron chi connectivity index (χ1n) is 4.63. The molecule has 1 amide bonds. The van der Waals surface area contributed by atoms with Gasteiger partial charge in [-0.1, -0.05) is 23.2 Å². The summed E-state index contributed by atoms with van der Waals surface area (Å²) >= 11 is 11.6. The van der Waals surface area contributed by atoms with Crippen molar-refractivity contribution in [1.29, 1.82) is 0 Å². The van der Waals surface area contributed by atoms with Crippen molar-refractivity contribution in [1.82, 2.24) is 10.2 Å². The van der Waals surface area contributed by atoms with Crippen LogP contribution in [0.1, 0.15) is 10.5 Å². The Bertz CT molecular complexity index is 547. The van der Waals surface area contributed by atoms with Crippen LogP contribution in [0.5, 0.6) is 0 Å². The van der Waals surface area contributed by atoms with Crippen LogP contribution in [0.25, 0.3) is 0 Å². The lowest BCUT2D eigenvalue weighted by Crippen LogP contribution is -2.12. The average Bonchev–Trinajstić information content (AvgIpc) is 2.63. The molecule has 0 unspecified atom stereocenters. The number of halogens is 2. The number of benzene rings is 1. The maximum atomic E-state index is 11.7. The van der Waals surface area contributed by atoms with Gasteiger partial charge < -0.3 is 11.1 Å². The van der Waals surface area contributed by atoms with Gasteiger partial charge in [0, 0.05) is 21.8 Å². The number of aromatic nitrogens is 2. The Balaban J connectivity index is 2.18. The number of hydrogen-bond donors (Lipinski definition) is 3. The lowest BCUT2D eigenvalue weighted by molar-refractivity contribution is 0.102. The molecule has 0 atom stereocenters. The van der Waals surface area contributed by atoms with Gasteiger partial charge in [0.15, 0.2) is 0 Å². The minimum absolute atomic E-state index is 0.249. The molecule has 1 aromatic carbocycles. The van der Waals surface area contributed by atoms with Crippen molar-refractivity contribution < 1.29 is 4.79 Å². The molecule has 88 valence electrons. The topological polar surface area (TPSA) is 83.8 Å². The Morgan fingerprint density at radius 1 is 1.24 bits per heavy atom. The molecular formula is C10H8Cl2N4O. The van der Waals surface area contributed by atoms with E-state index in [9.17, 15) is 4.79 Å². The average molecular weight is 271 g/mol. The number of carbonyl (C=O) groups is 1. The minimum atomic E-state index is -0.368. The van der Waals surface area contributed by atoms with Gasteiger partial charge in [0.2, 0.25) is 0 Å². The molecular weight excluding hydrogens is 263 g/mol. The van der Waals surface area contributed by atoms with Crippen molar-refractivity contribution in [3.8, 4) is 0 Å². The molecule has 17 heavy (non-hydrogen) atoms. The SMILES string of the molecule is Nc1cc(C(=O)Nc2cc(Cl)cc(Cl)c2)[nH]n1. The molecule has 0 fully saturated rings. The summed E-state index contributed by atoms with van der Waals surface area (Å²) in [7, 11) is 0. The van der Waals surface area contributed by atoms with Gasteiger partial charge in [-0.15, -0.1) is 0 Å². The Morgan fingerprint density at radius 3 is 2.41 bits per heavy atom. The molecule has 4 N–H and O–H groups in total. The van der Waals surface area contributed by atoms with E-state index in [1.165, 1.54) is 6.07 Å². The summed E-state index contributed by atoms with van der Waals surface area (Å²) in [6.45, 7) is 0. The number of rotatable bonds is 2. The van der Waals surface area contributed by atoms with Crippen molar-refractivity contribution >= 4 is 40.6 Å². The second kappa shape index (κ2) is 4.65. The number of nitrogens with one attached hydrogen (secondary N) is 2. The number of amides is 1. The number of nitrogen functional groups attached to an aromatic ring is 1. The van der Waals surface area contributed by atoms with Crippen LogP contribution in [0.3, 0.4) is 0 Å². The molecule has 0 aliphatic rings. The van der Waals surface area contributed by atoms with Crippen LogP contribution >= 0.6 is 23.2 Å². The maximum Gasteiger partial charge on any atom is 0.273 e. The zero-order valence-electron chi connectivity index (χ0n) is 8.50. The molecule has 0 saturated heterocycles. The van der Waals surface area contributed by atoms with Gasteiger partial charge in [-0.3, -0.25) is 9.89 Å². The predicted octanol–water partition coefficient (Wildman–Crippen LogP) is 2.55. The second-order valence-electron chi connectivity index (χ2n) is 3.32. The minimum Gasteiger partial charge on any atom is -0.382 e. The van der Waals surface area contributed by atoms with E-state index in [2.05, 4.69) is 15.5 Å². The standard InChI is InChI=1S/C10H8Cl2N4O/c11-5-1-6(12)3-7(2-5)14-10(17)8-4-9(13)16-15-8/h1-4H,(H,14,17)(H3,13,15,16). The molecule has 2 rings (SSSR count). The lowest BCUT2D eigenvalue weighted by Gasteiger charge is -2.04. The fourth-order valence-electron chi connectivity index (χ4n) is 1.28. The number of nitrogens with zero attached hydrogens (tertiary/aromatic N) is 1. The van der Waals surface area contributed by atoms with Gasteiger partial charge >= 0.3 is 0 Å². The molecule has 1 heterocycles. The fraction of sp³-hybridized carbons (Fsp3) is 0. The van der Waals surface area contributed by atoms with Crippen molar-refractivity contribution in [2.45, 2.75) is 0 Å². The molecule has 0 bridgehead atoms. The number of nitrogens with two attached hydrogens (primary N) is 1. The van der Waals surface area contributed by atoms with E-state index in [-0.39, 0.29) is 17.4 Å². The molecule has 0 spiro atoms. The summed E-state index contributed by atoms with van der Waals surface area (Å²) < 4.78 is 0. The van der Waals surface area contributed by atoms with Crippen molar-refractivity contribution in [3.05, 3.63) is 40.0 Å². The van der Waals surface area contributed by atoms with Crippen LogP contribution in [0.2, 0.25) is 10.0 Å². The zero-order chi connectivity index (χ0) is 12.4. The molecule has 5 nitrogen and oxygen atoms in total. The first-order valence-corrected chi connectivity index (χ1v) is 5.38. The largest absolute Gasteiger partial charge is 0.382 e. The van der Waals surface area contributed by atoms with Gasteiger partial charge in [-0.05, 0) is 18.2 Å². The monoisotopic (exact) mass is 270 g/mol. The van der Waals surface area contributed by atoms with Crippen LogP contribution in [0.4, 0.5) is 11.5 Å². The number of anilines is 2. The second-order valence-corrected chi connectivity index (χ2v) is 4.19. The van der Waals surface area contributed by atoms with E-state index in [0.29, 0.717) is 15.7 Å². The Kier molecular flexibility index (Phi) is 3.21. The van der Waals surface area contributed by atoms with E-state index in [1.807, 2.05) is 0 Å². The van der Waals surface area contributed by atoms with Crippen LogP contribution in [0, 0.1) is 0 Å².